The molecule has 3 aromatic carbocycles. The van der Waals surface area contributed by atoms with E-state index in [9.17, 15) is 4.79 Å². The smallest absolute Gasteiger partial charge is 0.162 e. The molecule has 1 heteroatoms. The molecule has 0 aliphatic rings. The van der Waals surface area contributed by atoms with E-state index in [4.69, 9.17) is 0 Å². The molecule has 0 aliphatic carbocycles. The molecule has 0 fully saturated rings. The van der Waals surface area contributed by atoms with Gasteiger partial charge >= 0.3 is 0 Å². The Balaban J connectivity index is 2.31. The molecule has 0 bridgehead atoms. The van der Waals surface area contributed by atoms with Crippen LogP contribution in [0.4, 0.5) is 0 Å². The van der Waals surface area contributed by atoms with Crippen LogP contribution in [0.15, 0.2) is 54.6 Å². The van der Waals surface area contributed by atoms with Gasteiger partial charge in [0.1, 0.15) is 0 Å². The highest BCUT2D eigenvalue weighted by molar-refractivity contribution is 6.09. The Labute approximate surface area is 106 Å². The number of ketones is 1. The molecule has 0 radical (unpaired) electrons. The van der Waals surface area contributed by atoms with Crippen molar-refractivity contribution < 1.29 is 4.79 Å². The Morgan fingerprint density at radius 1 is 0.889 bits per heavy atom. The average Bonchev–Trinajstić information content (AvgIpc) is 2.45. The minimum Gasteiger partial charge on any atom is -0.294 e. The molecule has 0 amide bonds. The van der Waals surface area contributed by atoms with E-state index in [-0.39, 0.29) is 5.78 Å². The Morgan fingerprint density at radius 3 is 2.44 bits per heavy atom. The van der Waals surface area contributed by atoms with Gasteiger partial charge in [-0.3, -0.25) is 4.79 Å². The molecular formula is C17H14O. The summed E-state index contributed by atoms with van der Waals surface area (Å²) in [5.74, 6) is 0.199. The van der Waals surface area contributed by atoms with Gasteiger partial charge in [0.25, 0.3) is 0 Å². The maximum atomic E-state index is 11.7. The number of fused-ring (bicyclic) bond motifs is 3. The SMILES string of the molecule is CCC(=O)c1ccc2c(ccc3ccccc32)c1. The van der Waals surface area contributed by atoms with Crippen LogP contribution in [0, 0.1) is 0 Å². The fourth-order valence-electron chi connectivity index (χ4n) is 2.39. The highest BCUT2D eigenvalue weighted by Gasteiger charge is 2.05. The van der Waals surface area contributed by atoms with Crippen LogP contribution in [0.25, 0.3) is 21.5 Å². The fraction of sp³-hybridized carbons (Fsp3) is 0.118. The van der Waals surface area contributed by atoms with Gasteiger partial charge in [0.05, 0.1) is 0 Å². The number of carbonyl (C=O) groups excluding carboxylic acids is 1. The average molecular weight is 234 g/mol. The Kier molecular flexibility index (Phi) is 2.60. The van der Waals surface area contributed by atoms with Gasteiger partial charge in [-0.15, -0.1) is 0 Å². The minimum atomic E-state index is 0.199. The standard InChI is InChI=1S/C17H14O/c1-2-17(18)14-9-10-16-13(11-14)8-7-12-5-3-4-6-15(12)16/h3-11H,2H2,1H3. The quantitative estimate of drug-likeness (QED) is 0.468. The normalized spacial score (nSPS) is 10.9. The predicted molar refractivity (Wildman–Crippen MR) is 76.1 cm³/mol. The Bertz CT molecular complexity index is 741. The van der Waals surface area contributed by atoms with Crippen molar-refractivity contribution in [2.24, 2.45) is 0 Å². The molecule has 0 saturated carbocycles. The van der Waals surface area contributed by atoms with Crippen molar-refractivity contribution >= 4 is 27.3 Å². The molecule has 0 saturated heterocycles. The lowest BCUT2D eigenvalue weighted by Gasteiger charge is -2.05. The largest absolute Gasteiger partial charge is 0.294 e. The van der Waals surface area contributed by atoms with Gasteiger partial charge in [-0.05, 0) is 27.6 Å². The van der Waals surface area contributed by atoms with Gasteiger partial charge in [0.2, 0.25) is 0 Å². The zero-order valence-electron chi connectivity index (χ0n) is 10.3. The lowest BCUT2D eigenvalue weighted by Crippen LogP contribution is -1.95. The van der Waals surface area contributed by atoms with Gasteiger partial charge in [-0.25, -0.2) is 0 Å². The maximum Gasteiger partial charge on any atom is 0.162 e. The van der Waals surface area contributed by atoms with Gasteiger partial charge in [-0.2, -0.15) is 0 Å². The van der Waals surface area contributed by atoms with Gasteiger partial charge in [0.15, 0.2) is 5.78 Å². The van der Waals surface area contributed by atoms with Crippen LogP contribution < -0.4 is 0 Å². The van der Waals surface area contributed by atoms with Crippen molar-refractivity contribution in [1.29, 1.82) is 0 Å². The molecule has 88 valence electrons. The van der Waals surface area contributed by atoms with E-state index in [2.05, 4.69) is 30.3 Å². The van der Waals surface area contributed by atoms with Crippen molar-refractivity contribution in [3.8, 4) is 0 Å². The number of benzene rings is 3. The molecule has 1 nitrogen and oxygen atoms in total. The number of Topliss-reactive ketones (excluding diaryl/α,β-unsaturated/α-hetero) is 1. The van der Waals surface area contributed by atoms with E-state index in [1.54, 1.807) is 0 Å². The molecule has 0 aliphatic heterocycles. The zero-order chi connectivity index (χ0) is 12.5. The highest BCUT2D eigenvalue weighted by atomic mass is 16.1. The third-order valence-corrected chi connectivity index (χ3v) is 3.39. The van der Waals surface area contributed by atoms with Crippen molar-refractivity contribution in [3.63, 3.8) is 0 Å². The van der Waals surface area contributed by atoms with Crippen LogP contribution in [-0.2, 0) is 0 Å². The molecule has 0 aromatic heterocycles. The summed E-state index contributed by atoms with van der Waals surface area (Å²) in [4.78, 5) is 11.7. The molecule has 3 rings (SSSR count). The first kappa shape index (κ1) is 11.0. The topological polar surface area (TPSA) is 17.1 Å². The van der Waals surface area contributed by atoms with Crippen LogP contribution in [-0.4, -0.2) is 5.78 Å². The number of carbonyl (C=O) groups is 1. The lowest BCUT2D eigenvalue weighted by atomic mass is 9.98. The first-order valence-corrected chi connectivity index (χ1v) is 6.24. The summed E-state index contributed by atoms with van der Waals surface area (Å²) in [5, 5.41) is 4.82. The predicted octanol–water partition coefficient (Wildman–Crippen LogP) is 4.59. The number of rotatable bonds is 2. The van der Waals surface area contributed by atoms with Crippen molar-refractivity contribution in [1.82, 2.24) is 0 Å². The second-order valence-corrected chi connectivity index (χ2v) is 4.50. The Morgan fingerprint density at radius 2 is 1.61 bits per heavy atom. The van der Waals surface area contributed by atoms with E-state index in [1.165, 1.54) is 16.2 Å². The first-order chi connectivity index (χ1) is 8.79. The van der Waals surface area contributed by atoms with E-state index >= 15 is 0 Å². The zero-order valence-corrected chi connectivity index (χ0v) is 10.3. The maximum absolute atomic E-state index is 11.7. The van der Waals surface area contributed by atoms with Crippen LogP contribution >= 0.6 is 0 Å². The summed E-state index contributed by atoms with van der Waals surface area (Å²) in [6.45, 7) is 1.90. The second-order valence-electron chi connectivity index (χ2n) is 4.50. The summed E-state index contributed by atoms with van der Waals surface area (Å²) in [6, 6.07) is 18.5. The van der Waals surface area contributed by atoms with Crippen molar-refractivity contribution in [3.05, 3.63) is 60.2 Å². The van der Waals surface area contributed by atoms with E-state index in [0.717, 1.165) is 10.9 Å². The number of hydrogen-bond donors (Lipinski definition) is 0. The summed E-state index contributed by atoms with van der Waals surface area (Å²) in [7, 11) is 0. The monoisotopic (exact) mass is 234 g/mol. The summed E-state index contributed by atoms with van der Waals surface area (Å²) >= 11 is 0. The number of hydrogen-bond acceptors (Lipinski definition) is 1. The minimum absolute atomic E-state index is 0.199. The summed E-state index contributed by atoms with van der Waals surface area (Å²) in [6.07, 6.45) is 0.555. The first-order valence-electron chi connectivity index (χ1n) is 6.24. The molecular weight excluding hydrogens is 220 g/mol. The van der Waals surface area contributed by atoms with E-state index in [0.29, 0.717) is 6.42 Å². The van der Waals surface area contributed by atoms with Crippen LogP contribution in [0.2, 0.25) is 0 Å². The Hall–Kier alpha value is -2.15. The molecule has 0 heterocycles. The molecule has 0 N–H and O–H groups in total. The molecule has 3 aromatic rings. The third-order valence-electron chi connectivity index (χ3n) is 3.39. The van der Waals surface area contributed by atoms with Gasteiger partial charge < -0.3 is 0 Å². The van der Waals surface area contributed by atoms with Gasteiger partial charge in [-0.1, -0.05) is 55.5 Å². The summed E-state index contributed by atoms with van der Waals surface area (Å²) < 4.78 is 0. The summed E-state index contributed by atoms with van der Waals surface area (Å²) in [5.41, 5.74) is 0.806. The molecule has 18 heavy (non-hydrogen) atoms. The van der Waals surface area contributed by atoms with Crippen molar-refractivity contribution in [2.75, 3.05) is 0 Å². The van der Waals surface area contributed by atoms with E-state index < -0.39 is 0 Å². The van der Waals surface area contributed by atoms with Crippen LogP contribution in [0.5, 0.6) is 0 Å². The fourth-order valence-corrected chi connectivity index (χ4v) is 2.39. The van der Waals surface area contributed by atoms with Gasteiger partial charge in [0, 0.05) is 12.0 Å². The van der Waals surface area contributed by atoms with Crippen molar-refractivity contribution in [2.45, 2.75) is 13.3 Å². The van der Waals surface area contributed by atoms with E-state index in [1.807, 2.05) is 31.2 Å². The lowest BCUT2D eigenvalue weighted by molar-refractivity contribution is 0.0988. The molecule has 0 spiro atoms. The molecule has 0 atom stereocenters. The van der Waals surface area contributed by atoms with Crippen LogP contribution in [0.3, 0.4) is 0 Å². The second kappa shape index (κ2) is 4.26. The third kappa shape index (κ3) is 1.68. The van der Waals surface area contributed by atoms with Crippen LogP contribution in [0.1, 0.15) is 23.7 Å². The highest BCUT2D eigenvalue weighted by Crippen LogP contribution is 2.26. The molecule has 0 unspecified atom stereocenters.